The first kappa shape index (κ1) is 60.8. The van der Waals surface area contributed by atoms with Crippen molar-refractivity contribution in [1.29, 1.82) is 0 Å². The van der Waals surface area contributed by atoms with Crippen LogP contribution in [0.15, 0.2) is 322 Å². The van der Waals surface area contributed by atoms with Gasteiger partial charge >= 0.3 is 0 Å². The van der Waals surface area contributed by atoms with E-state index in [1.54, 1.807) is 0 Å². The molecular formula is C97H66N2. The number of fused-ring (bicyclic) bond motifs is 6. The number of anilines is 6. The molecule has 14 aromatic carbocycles. The Bertz CT molecular complexity index is 5540. The zero-order chi connectivity index (χ0) is 67.4. The molecule has 0 amide bonds. The van der Waals surface area contributed by atoms with E-state index in [9.17, 15) is 0 Å². The molecule has 0 heterocycles. The molecule has 0 saturated heterocycles. The van der Waals surface area contributed by atoms with Gasteiger partial charge in [0, 0.05) is 67.2 Å². The summed E-state index contributed by atoms with van der Waals surface area (Å²) in [6, 6.07) is 116. The minimum atomic E-state index is -0.777. The first-order chi connectivity index (χ1) is 48.5. The molecule has 2 aliphatic carbocycles. The Morgan fingerprint density at radius 2 is 0.586 bits per heavy atom. The number of para-hydroxylation sites is 4. The maximum atomic E-state index is 6.50. The molecule has 2 heteroatoms. The number of nitrogens with zero attached hydrogens (tertiary/aromatic N) is 2. The molecule has 0 bridgehead atoms. The number of hydrogen-bond acceptors (Lipinski definition) is 2. The van der Waals surface area contributed by atoms with Crippen LogP contribution in [0.4, 0.5) is 34.1 Å². The number of rotatable bonds is 13. The number of terminal acetylenes is 4. The Labute approximate surface area is 581 Å². The molecule has 0 radical (unpaired) electrons. The van der Waals surface area contributed by atoms with Crippen LogP contribution < -0.4 is 9.80 Å². The summed E-state index contributed by atoms with van der Waals surface area (Å²) in [6.45, 7) is 7.26. The number of hydrogen-bond donors (Lipinski definition) is 0. The van der Waals surface area contributed by atoms with Gasteiger partial charge in [0.15, 0.2) is 0 Å². The van der Waals surface area contributed by atoms with Gasteiger partial charge in [-0.15, -0.1) is 25.7 Å². The second kappa shape index (κ2) is 24.9. The van der Waals surface area contributed by atoms with Crippen LogP contribution in [-0.2, 0) is 10.8 Å². The van der Waals surface area contributed by atoms with Crippen molar-refractivity contribution in [2.75, 3.05) is 9.80 Å². The van der Waals surface area contributed by atoms with E-state index in [2.05, 4.69) is 345 Å². The Morgan fingerprint density at radius 1 is 0.232 bits per heavy atom. The third-order valence-corrected chi connectivity index (χ3v) is 20.4. The van der Waals surface area contributed by atoms with Crippen molar-refractivity contribution in [2.24, 2.45) is 0 Å². The summed E-state index contributed by atoms with van der Waals surface area (Å²) in [5, 5.41) is 0. The van der Waals surface area contributed by atoms with Gasteiger partial charge in [-0.1, -0.05) is 220 Å². The van der Waals surface area contributed by atoms with Crippen molar-refractivity contribution in [3.63, 3.8) is 0 Å². The Kier molecular flexibility index (Phi) is 15.3. The largest absolute Gasteiger partial charge is 0.310 e. The Morgan fingerprint density at radius 3 is 1.04 bits per heavy atom. The predicted octanol–water partition coefficient (Wildman–Crippen LogP) is 24.2. The first-order valence-corrected chi connectivity index (χ1v) is 33.5. The van der Waals surface area contributed by atoms with Crippen LogP contribution in [0, 0.1) is 49.4 Å². The molecular weight excluding hydrogens is 1190 g/mol. The highest BCUT2D eigenvalue weighted by atomic mass is 15.1. The molecule has 464 valence electrons. The van der Waals surface area contributed by atoms with E-state index in [-0.39, 0.29) is 5.41 Å². The Balaban J connectivity index is 0.980. The lowest BCUT2D eigenvalue weighted by atomic mass is 9.72. The minimum absolute atomic E-state index is 0.370. The van der Waals surface area contributed by atoms with Gasteiger partial charge in [0.05, 0.1) is 0 Å². The molecule has 1 unspecified atom stereocenters. The molecule has 0 N–H and O–H groups in total. The molecule has 0 aliphatic heterocycles. The quantitative estimate of drug-likeness (QED) is 0.106. The molecule has 14 aromatic rings. The molecule has 99 heavy (non-hydrogen) atoms. The summed E-state index contributed by atoms with van der Waals surface area (Å²) in [4.78, 5) is 4.75. The lowest BCUT2D eigenvalue weighted by Crippen LogP contribution is -2.23. The fraction of sp³-hybridized carbons (Fsp3) is 0.0515. The first-order valence-electron chi connectivity index (χ1n) is 33.5. The van der Waals surface area contributed by atoms with Gasteiger partial charge in [-0.2, -0.15) is 0 Å². The normalized spacial score (nSPS) is 13.5. The molecule has 0 spiro atoms. The van der Waals surface area contributed by atoms with Gasteiger partial charge in [-0.05, 0) is 263 Å². The smallest absolute Gasteiger partial charge is 0.0477 e. The van der Waals surface area contributed by atoms with Crippen LogP contribution in [0.25, 0.3) is 89.0 Å². The van der Waals surface area contributed by atoms with Crippen LogP contribution in [0.1, 0.15) is 70.8 Å². The predicted molar refractivity (Wildman–Crippen MR) is 415 cm³/mol. The van der Waals surface area contributed by atoms with E-state index in [0.717, 1.165) is 106 Å². The highest BCUT2D eigenvalue weighted by Gasteiger charge is 2.46. The summed E-state index contributed by atoms with van der Waals surface area (Å²) in [5.74, 6) is 11.7. The summed E-state index contributed by atoms with van der Waals surface area (Å²) in [6.07, 6.45) is 25.3. The molecule has 0 saturated carbocycles. The number of benzene rings is 14. The molecule has 16 rings (SSSR count). The molecule has 1 atom stereocenters. The van der Waals surface area contributed by atoms with E-state index in [1.165, 1.54) is 44.5 Å². The van der Waals surface area contributed by atoms with Crippen molar-refractivity contribution in [3.05, 3.63) is 372 Å². The van der Waals surface area contributed by atoms with E-state index in [0.29, 0.717) is 22.3 Å². The topological polar surface area (TPSA) is 6.48 Å². The van der Waals surface area contributed by atoms with Gasteiger partial charge < -0.3 is 9.80 Å². The third kappa shape index (κ3) is 10.5. The van der Waals surface area contributed by atoms with E-state index < -0.39 is 5.41 Å². The van der Waals surface area contributed by atoms with E-state index in [1.807, 2.05) is 30.3 Å². The summed E-state index contributed by atoms with van der Waals surface area (Å²) >= 11 is 0. The van der Waals surface area contributed by atoms with Crippen molar-refractivity contribution < 1.29 is 0 Å². The van der Waals surface area contributed by atoms with Crippen molar-refractivity contribution in [3.8, 4) is 138 Å². The summed E-state index contributed by atoms with van der Waals surface area (Å²) in [7, 11) is 0. The molecule has 2 nitrogen and oxygen atoms in total. The molecule has 2 aliphatic rings. The minimum Gasteiger partial charge on any atom is -0.310 e. The van der Waals surface area contributed by atoms with Gasteiger partial charge in [-0.25, -0.2) is 0 Å². The second-order valence-corrected chi connectivity index (χ2v) is 26.3. The fourth-order valence-electron chi connectivity index (χ4n) is 15.4. The summed E-state index contributed by atoms with van der Waals surface area (Å²) in [5.41, 5.74) is 30.8. The van der Waals surface area contributed by atoms with Gasteiger partial charge in [0.1, 0.15) is 0 Å². The van der Waals surface area contributed by atoms with Crippen LogP contribution in [-0.4, -0.2) is 0 Å². The third-order valence-electron chi connectivity index (χ3n) is 20.4. The van der Waals surface area contributed by atoms with Crippen LogP contribution in [0.3, 0.4) is 0 Å². The maximum absolute atomic E-state index is 6.50. The van der Waals surface area contributed by atoms with E-state index in [4.69, 9.17) is 25.7 Å². The van der Waals surface area contributed by atoms with Crippen molar-refractivity contribution >= 4 is 34.1 Å². The lowest BCUT2D eigenvalue weighted by Gasteiger charge is -2.32. The standard InChI is InChI=1S/C97H66N2/c1-8-65-36-30-46-84(82(65)10-3)86-51-48-69(60-89(86)85-47-31-37-66(9-2)83(85)11-4)73-57-74(72-55-70(67-32-18-12-19-33-67)54-71(56-72)68-34-20-13-21-35-68)59-75(58-73)97(7)94-62-81(99(78-42-26-16-27-43-78)79-44-28-17-29-45-79)50-53-88(94)91-63-93-90(64-95(91)97)87-52-49-80(61-92(87)96(93,5)6)98(76-38-22-14-23-39-76)77-40-24-15-25-41-77/h1-4,12-64H,5-7H3. The highest BCUT2D eigenvalue weighted by Crippen LogP contribution is 2.60. The van der Waals surface area contributed by atoms with Crippen LogP contribution >= 0.6 is 0 Å². The summed E-state index contributed by atoms with van der Waals surface area (Å²) < 4.78 is 0. The zero-order valence-corrected chi connectivity index (χ0v) is 55.3. The molecule has 0 aromatic heterocycles. The highest BCUT2D eigenvalue weighted by molar-refractivity contribution is 5.97. The zero-order valence-electron chi connectivity index (χ0n) is 55.3. The van der Waals surface area contributed by atoms with Crippen molar-refractivity contribution in [2.45, 2.75) is 31.6 Å². The van der Waals surface area contributed by atoms with Gasteiger partial charge in [-0.3, -0.25) is 0 Å². The van der Waals surface area contributed by atoms with Gasteiger partial charge in [0.25, 0.3) is 0 Å². The fourth-order valence-corrected chi connectivity index (χ4v) is 15.4. The average Bonchev–Trinajstić information content (AvgIpc) is 1.53. The SMILES string of the molecule is C#Cc1cccc(-c2ccc(-c3cc(-c4cc(-c5ccccc5)cc(-c5ccccc5)c4)cc(C4(C)c5cc(N(c6ccccc6)c6ccccc6)ccc5-c5cc6c(cc54)-c4ccc(N(c5ccccc5)c5ccccc5)cc4C6(C)C)c3)cc2-c2cccc(C#C)c2C#C)c1C#C. The van der Waals surface area contributed by atoms with Crippen molar-refractivity contribution in [1.82, 2.24) is 0 Å². The Hall–Kier alpha value is -13.1. The van der Waals surface area contributed by atoms with Crippen LogP contribution in [0.2, 0.25) is 0 Å². The maximum Gasteiger partial charge on any atom is 0.0477 e. The second-order valence-electron chi connectivity index (χ2n) is 26.3. The molecule has 0 fully saturated rings. The van der Waals surface area contributed by atoms with E-state index >= 15 is 0 Å². The lowest BCUT2D eigenvalue weighted by molar-refractivity contribution is 0.659. The average molecular weight is 1260 g/mol. The monoisotopic (exact) mass is 1260 g/mol. The van der Waals surface area contributed by atoms with Gasteiger partial charge in [0.2, 0.25) is 0 Å². The van der Waals surface area contributed by atoms with Crippen LogP contribution in [0.5, 0.6) is 0 Å².